The molecule has 2 aromatic rings. The minimum Gasteiger partial charge on any atom is -0.492 e. The van der Waals surface area contributed by atoms with Gasteiger partial charge in [-0.05, 0) is 36.9 Å². The van der Waals surface area contributed by atoms with Crippen LogP contribution in [0.4, 0.5) is 0 Å². The Kier molecular flexibility index (Phi) is 4.81. The van der Waals surface area contributed by atoms with Gasteiger partial charge in [-0.15, -0.1) is 0 Å². The topological polar surface area (TPSA) is 30.9 Å². The molecule has 2 aromatic carbocycles. The van der Waals surface area contributed by atoms with Gasteiger partial charge in [0.05, 0.1) is 0 Å². The van der Waals surface area contributed by atoms with Crippen LogP contribution in [0.3, 0.4) is 0 Å². The van der Waals surface area contributed by atoms with Gasteiger partial charge < -0.3 is 14.2 Å². The largest absolute Gasteiger partial charge is 0.492 e. The maximum absolute atomic E-state index is 5.72. The molecule has 0 radical (unpaired) electrons. The number of likely N-dealkylation sites (N-methyl/N-ethyl adjacent to an activating group) is 1. The second-order valence-electron chi connectivity index (χ2n) is 5.38. The first-order valence-electron chi connectivity index (χ1n) is 7.56. The maximum atomic E-state index is 5.72. The van der Waals surface area contributed by atoms with E-state index in [0.717, 1.165) is 30.3 Å². The second-order valence-corrected chi connectivity index (χ2v) is 5.38. The number of hydrogen-bond donors (Lipinski definition) is 0. The van der Waals surface area contributed by atoms with Crippen LogP contribution in [-0.4, -0.2) is 38.3 Å². The lowest BCUT2D eigenvalue weighted by Crippen LogP contribution is -2.24. The highest BCUT2D eigenvalue weighted by molar-refractivity contribution is 5.43. The van der Waals surface area contributed by atoms with Crippen LogP contribution < -0.4 is 14.2 Å². The highest BCUT2D eigenvalue weighted by atomic mass is 16.6. The molecule has 1 aliphatic rings. The summed E-state index contributed by atoms with van der Waals surface area (Å²) in [6.45, 7) is 3.64. The molecule has 0 aliphatic carbocycles. The average Bonchev–Trinajstić information content (AvgIpc) is 2.56. The lowest BCUT2D eigenvalue weighted by Gasteiger charge is -2.21. The standard InChI is InChI=1S/C18H21NO3/c1-19(9-10-20-16-5-3-2-4-6-16)14-15-7-8-17-18(13-15)22-12-11-21-17/h2-8,13H,9-12,14H2,1H3. The smallest absolute Gasteiger partial charge is 0.161 e. The summed E-state index contributed by atoms with van der Waals surface area (Å²) in [6, 6.07) is 16.0. The molecule has 0 amide bonds. The molecule has 1 aliphatic heterocycles. The fraction of sp³-hybridized carbons (Fsp3) is 0.333. The number of fused-ring (bicyclic) bond motifs is 1. The van der Waals surface area contributed by atoms with Crippen molar-refractivity contribution in [3.63, 3.8) is 0 Å². The summed E-state index contributed by atoms with van der Waals surface area (Å²) in [5.41, 5.74) is 1.21. The Balaban J connectivity index is 1.48. The number of rotatable bonds is 6. The third-order valence-corrected chi connectivity index (χ3v) is 3.54. The Hall–Kier alpha value is -2.20. The summed E-state index contributed by atoms with van der Waals surface area (Å²) in [5.74, 6) is 2.60. The van der Waals surface area contributed by atoms with Crippen LogP contribution in [0.2, 0.25) is 0 Å². The Labute approximate surface area is 131 Å². The monoisotopic (exact) mass is 299 g/mol. The lowest BCUT2D eigenvalue weighted by molar-refractivity contribution is 0.171. The molecule has 116 valence electrons. The minimum absolute atomic E-state index is 0.622. The molecule has 0 atom stereocenters. The first-order valence-corrected chi connectivity index (χ1v) is 7.56. The van der Waals surface area contributed by atoms with E-state index in [4.69, 9.17) is 14.2 Å². The zero-order chi connectivity index (χ0) is 15.2. The van der Waals surface area contributed by atoms with Crippen LogP contribution in [-0.2, 0) is 6.54 Å². The molecule has 4 heteroatoms. The van der Waals surface area contributed by atoms with Crippen LogP contribution in [0.25, 0.3) is 0 Å². The van der Waals surface area contributed by atoms with Crippen LogP contribution in [0.15, 0.2) is 48.5 Å². The molecule has 4 nitrogen and oxygen atoms in total. The van der Waals surface area contributed by atoms with E-state index in [2.05, 4.69) is 24.1 Å². The van der Waals surface area contributed by atoms with Gasteiger partial charge in [-0.25, -0.2) is 0 Å². The normalized spacial score (nSPS) is 13.2. The molecule has 0 fully saturated rings. The van der Waals surface area contributed by atoms with Crippen molar-refractivity contribution in [3.8, 4) is 17.2 Å². The summed E-state index contributed by atoms with van der Waals surface area (Å²) in [6.07, 6.45) is 0. The van der Waals surface area contributed by atoms with Gasteiger partial charge in [-0.3, -0.25) is 4.90 Å². The van der Waals surface area contributed by atoms with E-state index in [-0.39, 0.29) is 0 Å². The van der Waals surface area contributed by atoms with Crippen molar-refractivity contribution in [1.29, 1.82) is 0 Å². The molecule has 22 heavy (non-hydrogen) atoms. The summed E-state index contributed by atoms with van der Waals surface area (Å²) in [5, 5.41) is 0. The predicted molar refractivity (Wildman–Crippen MR) is 85.7 cm³/mol. The summed E-state index contributed by atoms with van der Waals surface area (Å²) in [7, 11) is 2.09. The van der Waals surface area contributed by atoms with Gasteiger partial charge in [-0.1, -0.05) is 24.3 Å². The van der Waals surface area contributed by atoms with Gasteiger partial charge in [-0.2, -0.15) is 0 Å². The molecule has 0 saturated heterocycles. The van der Waals surface area contributed by atoms with Crippen molar-refractivity contribution in [1.82, 2.24) is 4.90 Å². The van der Waals surface area contributed by atoms with Crippen molar-refractivity contribution >= 4 is 0 Å². The van der Waals surface area contributed by atoms with Crippen molar-refractivity contribution in [3.05, 3.63) is 54.1 Å². The van der Waals surface area contributed by atoms with Gasteiger partial charge in [0.15, 0.2) is 11.5 Å². The minimum atomic E-state index is 0.622. The van der Waals surface area contributed by atoms with Crippen LogP contribution in [0.1, 0.15) is 5.56 Å². The fourth-order valence-electron chi connectivity index (χ4n) is 2.41. The van der Waals surface area contributed by atoms with E-state index in [9.17, 15) is 0 Å². The Bertz CT molecular complexity index is 601. The first kappa shape index (κ1) is 14.7. The van der Waals surface area contributed by atoms with Crippen molar-refractivity contribution in [2.45, 2.75) is 6.54 Å². The van der Waals surface area contributed by atoms with Crippen molar-refractivity contribution in [2.75, 3.05) is 33.4 Å². The summed E-state index contributed by atoms with van der Waals surface area (Å²) in [4.78, 5) is 2.23. The highest BCUT2D eigenvalue weighted by Gasteiger charge is 2.12. The molecule has 0 bridgehead atoms. The van der Waals surface area contributed by atoms with Crippen LogP contribution >= 0.6 is 0 Å². The SMILES string of the molecule is CN(CCOc1ccccc1)Cc1ccc2c(c1)OCCO2. The van der Waals surface area contributed by atoms with Crippen LogP contribution in [0, 0.1) is 0 Å². The average molecular weight is 299 g/mol. The Morgan fingerprint density at radius 3 is 2.59 bits per heavy atom. The number of ether oxygens (including phenoxy) is 3. The van der Waals surface area contributed by atoms with Gasteiger partial charge in [0, 0.05) is 13.1 Å². The maximum Gasteiger partial charge on any atom is 0.161 e. The van der Waals surface area contributed by atoms with E-state index in [1.807, 2.05) is 36.4 Å². The molecule has 1 heterocycles. The van der Waals surface area contributed by atoms with Gasteiger partial charge >= 0.3 is 0 Å². The van der Waals surface area contributed by atoms with Gasteiger partial charge in [0.2, 0.25) is 0 Å². The molecule has 0 N–H and O–H groups in total. The molecule has 0 aromatic heterocycles. The third-order valence-electron chi connectivity index (χ3n) is 3.54. The van der Waals surface area contributed by atoms with Gasteiger partial charge in [0.1, 0.15) is 25.6 Å². The highest BCUT2D eigenvalue weighted by Crippen LogP contribution is 2.30. The Morgan fingerprint density at radius 1 is 1.00 bits per heavy atom. The zero-order valence-electron chi connectivity index (χ0n) is 12.8. The van der Waals surface area contributed by atoms with Crippen molar-refractivity contribution in [2.24, 2.45) is 0 Å². The summed E-state index contributed by atoms with van der Waals surface area (Å²) >= 11 is 0. The van der Waals surface area contributed by atoms with E-state index < -0.39 is 0 Å². The number of para-hydroxylation sites is 1. The molecular formula is C18H21NO3. The molecule has 0 saturated carbocycles. The zero-order valence-corrected chi connectivity index (χ0v) is 12.8. The van der Waals surface area contributed by atoms with Crippen LogP contribution in [0.5, 0.6) is 17.2 Å². The fourth-order valence-corrected chi connectivity index (χ4v) is 2.41. The number of benzene rings is 2. The van der Waals surface area contributed by atoms with Crippen molar-refractivity contribution < 1.29 is 14.2 Å². The first-order chi connectivity index (χ1) is 10.8. The van der Waals surface area contributed by atoms with E-state index >= 15 is 0 Å². The third kappa shape index (κ3) is 3.92. The quantitative estimate of drug-likeness (QED) is 0.820. The van der Waals surface area contributed by atoms with Gasteiger partial charge in [0.25, 0.3) is 0 Å². The van der Waals surface area contributed by atoms with E-state index in [0.29, 0.717) is 19.8 Å². The number of nitrogens with zero attached hydrogens (tertiary/aromatic N) is 1. The van der Waals surface area contributed by atoms with E-state index in [1.165, 1.54) is 5.56 Å². The lowest BCUT2D eigenvalue weighted by atomic mass is 10.2. The molecule has 3 rings (SSSR count). The summed E-state index contributed by atoms with van der Waals surface area (Å²) < 4.78 is 16.9. The second kappa shape index (κ2) is 7.18. The van der Waals surface area contributed by atoms with E-state index in [1.54, 1.807) is 0 Å². The predicted octanol–water partition coefficient (Wildman–Crippen LogP) is 2.97. The Morgan fingerprint density at radius 2 is 1.77 bits per heavy atom. The molecule has 0 unspecified atom stereocenters. The molecule has 0 spiro atoms. The number of hydrogen-bond acceptors (Lipinski definition) is 4. The molecular weight excluding hydrogens is 278 g/mol.